The van der Waals surface area contributed by atoms with Gasteiger partial charge >= 0.3 is 0 Å². The summed E-state index contributed by atoms with van der Waals surface area (Å²) < 4.78 is 11.5. The molecular weight excluding hydrogens is 432 g/mol. The van der Waals surface area contributed by atoms with Gasteiger partial charge in [-0.1, -0.05) is 12.1 Å². The van der Waals surface area contributed by atoms with Gasteiger partial charge < -0.3 is 29.5 Å². The number of carbonyl (C=O) groups excluding carboxylic acids is 2. The van der Waals surface area contributed by atoms with Gasteiger partial charge in [-0.15, -0.1) is 0 Å². The maximum absolute atomic E-state index is 13.1. The molecule has 3 aliphatic heterocycles. The number of ether oxygens (including phenoxy) is 2. The molecule has 3 aliphatic rings. The van der Waals surface area contributed by atoms with Crippen LogP contribution in [-0.4, -0.2) is 75.3 Å². The number of rotatable bonds is 5. The van der Waals surface area contributed by atoms with Gasteiger partial charge in [0.05, 0.1) is 32.0 Å². The van der Waals surface area contributed by atoms with Crippen LogP contribution in [-0.2, 0) is 14.3 Å². The van der Waals surface area contributed by atoms with Gasteiger partial charge in [-0.05, 0) is 55.7 Å². The van der Waals surface area contributed by atoms with Gasteiger partial charge in [-0.25, -0.2) is 0 Å². The van der Waals surface area contributed by atoms with Gasteiger partial charge in [0.15, 0.2) is 6.10 Å². The number of anilines is 3. The van der Waals surface area contributed by atoms with E-state index in [0.717, 1.165) is 75.7 Å². The first-order chi connectivity index (χ1) is 16.7. The second-order valence-electron chi connectivity index (χ2n) is 9.04. The Labute approximate surface area is 200 Å². The van der Waals surface area contributed by atoms with Crippen LogP contribution in [0, 0.1) is 0 Å². The minimum atomic E-state index is -0.603. The van der Waals surface area contributed by atoms with Crippen molar-refractivity contribution in [3.8, 4) is 5.75 Å². The molecular formula is C26H32N4O4. The Hall–Kier alpha value is -3.26. The number of piperidine rings is 1. The second-order valence-corrected chi connectivity index (χ2v) is 9.04. The zero-order valence-corrected chi connectivity index (χ0v) is 19.4. The largest absolute Gasteiger partial charge is 0.477 e. The van der Waals surface area contributed by atoms with E-state index in [1.54, 1.807) is 0 Å². The van der Waals surface area contributed by atoms with Crippen LogP contribution in [0.25, 0.3) is 0 Å². The molecule has 34 heavy (non-hydrogen) atoms. The molecule has 0 aliphatic carbocycles. The minimum absolute atomic E-state index is 0.0123. The zero-order valence-electron chi connectivity index (χ0n) is 19.4. The van der Waals surface area contributed by atoms with E-state index in [1.165, 1.54) is 0 Å². The minimum Gasteiger partial charge on any atom is -0.477 e. The standard InChI is InChI=1S/C26H32N4O4/c31-25(27-20-8-10-21(11-9-20)28-14-16-33-17-15-28)19-30-18-24(26(32)29-12-4-1-5-13-29)34-23-7-3-2-6-22(23)30/h2-3,6-11,24H,1,4-5,12-19H2,(H,27,31)/t24-/m0/s1. The first-order valence-corrected chi connectivity index (χ1v) is 12.2. The Morgan fingerprint density at radius 1 is 0.912 bits per heavy atom. The van der Waals surface area contributed by atoms with Crippen molar-refractivity contribution in [2.45, 2.75) is 25.4 Å². The van der Waals surface area contributed by atoms with Crippen LogP contribution in [0.2, 0.25) is 0 Å². The van der Waals surface area contributed by atoms with E-state index in [-0.39, 0.29) is 18.4 Å². The average molecular weight is 465 g/mol. The van der Waals surface area contributed by atoms with Gasteiger partial charge in [0.2, 0.25) is 5.91 Å². The molecule has 3 heterocycles. The van der Waals surface area contributed by atoms with Crippen molar-refractivity contribution in [2.24, 2.45) is 0 Å². The van der Waals surface area contributed by atoms with Crippen LogP contribution in [0.15, 0.2) is 48.5 Å². The molecule has 2 fully saturated rings. The Morgan fingerprint density at radius 3 is 2.41 bits per heavy atom. The fourth-order valence-electron chi connectivity index (χ4n) is 4.85. The predicted molar refractivity (Wildman–Crippen MR) is 132 cm³/mol. The van der Waals surface area contributed by atoms with E-state index in [1.807, 2.05) is 58.3 Å². The monoisotopic (exact) mass is 464 g/mol. The maximum atomic E-state index is 13.1. The lowest BCUT2D eigenvalue weighted by atomic mass is 10.1. The molecule has 8 nitrogen and oxygen atoms in total. The second kappa shape index (κ2) is 10.3. The predicted octanol–water partition coefficient (Wildman–Crippen LogP) is 2.74. The van der Waals surface area contributed by atoms with Gasteiger partial charge in [-0.3, -0.25) is 9.59 Å². The first-order valence-electron chi connectivity index (χ1n) is 12.2. The maximum Gasteiger partial charge on any atom is 0.265 e. The summed E-state index contributed by atoms with van der Waals surface area (Å²) in [4.78, 5) is 32.2. The topological polar surface area (TPSA) is 74.4 Å². The summed E-state index contributed by atoms with van der Waals surface area (Å²) in [6.45, 7) is 5.29. The lowest BCUT2D eigenvalue weighted by Gasteiger charge is -2.38. The normalized spacial score (nSPS) is 20.4. The number of morpholine rings is 1. The molecule has 2 aromatic carbocycles. The molecule has 1 atom stereocenters. The molecule has 0 saturated carbocycles. The molecule has 0 unspecified atom stereocenters. The SMILES string of the molecule is O=C(CN1C[C@@H](C(=O)N2CCCCC2)Oc2ccccc21)Nc1ccc(N2CCOCC2)cc1. The van der Waals surface area contributed by atoms with E-state index in [9.17, 15) is 9.59 Å². The van der Waals surface area contributed by atoms with Crippen molar-refractivity contribution in [1.29, 1.82) is 0 Å². The number of para-hydroxylation sites is 2. The van der Waals surface area contributed by atoms with Gasteiger partial charge in [0, 0.05) is 37.6 Å². The van der Waals surface area contributed by atoms with E-state index < -0.39 is 6.10 Å². The van der Waals surface area contributed by atoms with Crippen molar-refractivity contribution in [1.82, 2.24) is 4.90 Å². The van der Waals surface area contributed by atoms with Crippen molar-refractivity contribution in [3.63, 3.8) is 0 Å². The number of hydrogen-bond acceptors (Lipinski definition) is 6. The Morgan fingerprint density at radius 2 is 1.65 bits per heavy atom. The summed E-state index contributed by atoms with van der Waals surface area (Å²) in [5.41, 5.74) is 2.72. The molecule has 1 N–H and O–H groups in total. The van der Waals surface area contributed by atoms with Crippen LogP contribution in [0.1, 0.15) is 19.3 Å². The summed E-state index contributed by atoms with van der Waals surface area (Å²) in [6, 6.07) is 15.5. The van der Waals surface area contributed by atoms with Crippen molar-refractivity contribution < 1.29 is 19.1 Å². The smallest absolute Gasteiger partial charge is 0.265 e. The van der Waals surface area contributed by atoms with Gasteiger partial charge in [-0.2, -0.15) is 0 Å². The van der Waals surface area contributed by atoms with E-state index in [4.69, 9.17) is 9.47 Å². The third-order valence-corrected chi connectivity index (χ3v) is 6.67. The summed E-state index contributed by atoms with van der Waals surface area (Å²) >= 11 is 0. The lowest BCUT2D eigenvalue weighted by molar-refractivity contribution is -0.139. The fraction of sp³-hybridized carbons (Fsp3) is 0.462. The molecule has 0 aromatic heterocycles. The van der Waals surface area contributed by atoms with Crippen LogP contribution in [0.4, 0.5) is 17.1 Å². The molecule has 2 amide bonds. The molecule has 0 bridgehead atoms. The van der Waals surface area contributed by atoms with Crippen molar-refractivity contribution >= 4 is 28.9 Å². The number of carbonyl (C=O) groups is 2. The molecule has 5 rings (SSSR count). The van der Waals surface area contributed by atoms with Gasteiger partial charge in [0.25, 0.3) is 5.91 Å². The number of amides is 2. The number of fused-ring (bicyclic) bond motifs is 1. The van der Waals surface area contributed by atoms with E-state index in [0.29, 0.717) is 12.3 Å². The zero-order chi connectivity index (χ0) is 23.3. The quantitative estimate of drug-likeness (QED) is 0.734. The highest BCUT2D eigenvalue weighted by Crippen LogP contribution is 2.33. The number of benzene rings is 2. The summed E-state index contributed by atoms with van der Waals surface area (Å²) in [7, 11) is 0. The highest BCUT2D eigenvalue weighted by atomic mass is 16.5. The summed E-state index contributed by atoms with van der Waals surface area (Å²) in [6.07, 6.45) is 2.63. The number of nitrogens with one attached hydrogen (secondary N) is 1. The van der Waals surface area contributed by atoms with E-state index >= 15 is 0 Å². The van der Waals surface area contributed by atoms with E-state index in [2.05, 4.69) is 10.2 Å². The fourth-order valence-corrected chi connectivity index (χ4v) is 4.85. The first kappa shape index (κ1) is 22.5. The molecule has 8 heteroatoms. The molecule has 0 spiro atoms. The molecule has 2 saturated heterocycles. The van der Waals surface area contributed by atoms with Crippen molar-refractivity contribution in [3.05, 3.63) is 48.5 Å². The average Bonchev–Trinajstić information content (AvgIpc) is 2.89. The molecule has 0 radical (unpaired) electrons. The highest BCUT2D eigenvalue weighted by Gasteiger charge is 2.34. The van der Waals surface area contributed by atoms with Crippen LogP contribution in [0.3, 0.4) is 0 Å². The number of hydrogen-bond donors (Lipinski definition) is 1. The lowest BCUT2D eigenvalue weighted by Crippen LogP contribution is -2.52. The molecule has 180 valence electrons. The van der Waals surface area contributed by atoms with Crippen LogP contribution < -0.4 is 19.9 Å². The highest BCUT2D eigenvalue weighted by molar-refractivity contribution is 5.95. The van der Waals surface area contributed by atoms with Crippen molar-refractivity contribution in [2.75, 3.05) is 67.6 Å². The number of nitrogens with zero attached hydrogens (tertiary/aromatic N) is 3. The third kappa shape index (κ3) is 5.12. The Kier molecular flexibility index (Phi) is 6.85. The summed E-state index contributed by atoms with van der Waals surface area (Å²) in [5, 5.41) is 3.00. The summed E-state index contributed by atoms with van der Waals surface area (Å²) in [5.74, 6) is 0.532. The molecule has 2 aromatic rings. The third-order valence-electron chi connectivity index (χ3n) is 6.67. The Balaban J connectivity index is 1.24. The van der Waals surface area contributed by atoms with Gasteiger partial charge in [0.1, 0.15) is 5.75 Å². The Bertz CT molecular complexity index is 1000. The van der Waals surface area contributed by atoms with Crippen LogP contribution >= 0.6 is 0 Å². The van der Waals surface area contributed by atoms with Crippen LogP contribution in [0.5, 0.6) is 5.75 Å². The number of likely N-dealkylation sites (tertiary alicyclic amines) is 1.